The van der Waals surface area contributed by atoms with Gasteiger partial charge in [-0.2, -0.15) is 4.31 Å². The molecule has 1 saturated heterocycles. The van der Waals surface area contributed by atoms with E-state index in [0.29, 0.717) is 26.1 Å². The van der Waals surface area contributed by atoms with Gasteiger partial charge < -0.3 is 9.80 Å². The predicted octanol–water partition coefficient (Wildman–Crippen LogP) is 0.448. The zero-order valence-corrected chi connectivity index (χ0v) is 14.7. The first kappa shape index (κ1) is 16.9. The second kappa shape index (κ2) is 6.18. The molecular weight excluding hydrogens is 330 g/mol. The van der Waals surface area contributed by atoms with Gasteiger partial charge in [-0.05, 0) is 30.2 Å². The molecular formula is C16H21N3O4S. The lowest BCUT2D eigenvalue weighted by atomic mass is 10.2. The first-order chi connectivity index (χ1) is 11.3. The van der Waals surface area contributed by atoms with Gasteiger partial charge in [-0.15, -0.1) is 0 Å². The minimum atomic E-state index is -3.63. The van der Waals surface area contributed by atoms with Crippen LogP contribution in [0.2, 0.25) is 0 Å². The summed E-state index contributed by atoms with van der Waals surface area (Å²) in [5.41, 5.74) is 1.50. The summed E-state index contributed by atoms with van der Waals surface area (Å²) in [5, 5.41) is 0. The highest BCUT2D eigenvalue weighted by Crippen LogP contribution is 2.30. The van der Waals surface area contributed by atoms with E-state index in [1.807, 2.05) is 0 Å². The Labute approximate surface area is 141 Å². The molecule has 0 aromatic heterocycles. The number of sulfonamides is 1. The Morgan fingerprint density at radius 3 is 2.58 bits per heavy atom. The predicted molar refractivity (Wildman–Crippen MR) is 89.2 cm³/mol. The summed E-state index contributed by atoms with van der Waals surface area (Å²) in [7, 11) is -1.94. The van der Waals surface area contributed by atoms with Crippen LogP contribution in [0.15, 0.2) is 23.1 Å². The lowest BCUT2D eigenvalue weighted by Crippen LogP contribution is -2.36. The molecule has 0 radical (unpaired) electrons. The number of likely N-dealkylation sites (N-methyl/N-ethyl adjacent to an activating group) is 1. The molecule has 1 aromatic rings. The maximum absolute atomic E-state index is 12.9. The third-order valence-corrected chi connectivity index (χ3v) is 6.56. The van der Waals surface area contributed by atoms with Gasteiger partial charge in [-0.25, -0.2) is 8.42 Å². The molecule has 0 aliphatic carbocycles. The molecule has 8 heteroatoms. The van der Waals surface area contributed by atoms with E-state index >= 15 is 0 Å². The zero-order valence-electron chi connectivity index (χ0n) is 13.9. The molecule has 1 aromatic carbocycles. The van der Waals surface area contributed by atoms with Gasteiger partial charge in [0.2, 0.25) is 21.8 Å². The van der Waals surface area contributed by atoms with Gasteiger partial charge in [0, 0.05) is 45.8 Å². The van der Waals surface area contributed by atoms with E-state index in [0.717, 1.165) is 11.3 Å². The summed E-state index contributed by atoms with van der Waals surface area (Å²) in [6, 6.07) is 4.84. The Kier molecular flexibility index (Phi) is 4.35. The van der Waals surface area contributed by atoms with Gasteiger partial charge >= 0.3 is 0 Å². The van der Waals surface area contributed by atoms with Crippen molar-refractivity contribution in [2.24, 2.45) is 0 Å². The monoisotopic (exact) mass is 351 g/mol. The van der Waals surface area contributed by atoms with Crippen LogP contribution in [0.4, 0.5) is 5.69 Å². The van der Waals surface area contributed by atoms with E-state index < -0.39 is 10.0 Å². The standard InChI is InChI=1S/C16H21N3O4S/c1-12(20)18-6-3-7-19(9-8-18)24(22,23)14-4-5-15-13(10-14)11-16(21)17(15)2/h4-5,10H,3,6-9,11H2,1-2H3. The van der Waals surface area contributed by atoms with Crippen LogP contribution in [-0.2, 0) is 26.0 Å². The molecule has 130 valence electrons. The zero-order chi connectivity index (χ0) is 17.5. The van der Waals surface area contributed by atoms with E-state index in [9.17, 15) is 18.0 Å². The number of hydrogen-bond acceptors (Lipinski definition) is 4. The first-order valence-electron chi connectivity index (χ1n) is 7.96. The third kappa shape index (κ3) is 2.91. The minimum absolute atomic E-state index is 0.0340. The average Bonchev–Trinajstić information content (AvgIpc) is 2.72. The molecule has 0 unspecified atom stereocenters. The Morgan fingerprint density at radius 2 is 1.88 bits per heavy atom. The second-order valence-corrected chi connectivity index (χ2v) is 8.12. The molecule has 2 aliphatic rings. The number of benzene rings is 1. The van der Waals surface area contributed by atoms with Crippen molar-refractivity contribution in [2.45, 2.75) is 24.7 Å². The van der Waals surface area contributed by atoms with Crippen molar-refractivity contribution < 1.29 is 18.0 Å². The topological polar surface area (TPSA) is 78.0 Å². The van der Waals surface area contributed by atoms with Gasteiger partial charge in [0.05, 0.1) is 11.3 Å². The maximum Gasteiger partial charge on any atom is 0.243 e. The largest absolute Gasteiger partial charge is 0.342 e. The van der Waals surface area contributed by atoms with Crippen molar-refractivity contribution in [2.75, 3.05) is 38.1 Å². The molecule has 7 nitrogen and oxygen atoms in total. The van der Waals surface area contributed by atoms with Crippen molar-refractivity contribution in [1.29, 1.82) is 0 Å². The lowest BCUT2D eigenvalue weighted by molar-refractivity contribution is -0.128. The normalized spacial score (nSPS) is 19.3. The van der Waals surface area contributed by atoms with Crippen LogP contribution in [0.3, 0.4) is 0 Å². The quantitative estimate of drug-likeness (QED) is 0.775. The number of anilines is 1. The Bertz CT molecular complexity index is 791. The maximum atomic E-state index is 12.9. The minimum Gasteiger partial charge on any atom is -0.342 e. The number of rotatable bonds is 2. The second-order valence-electron chi connectivity index (χ2n) is 6.18. The van der Waals surface area contributed by atoms with Crippen LogP contribution < -0.4 is 4.90 Å². The highest BCUT2D eigenvalue weighted by molar-refractivity contribution is 7.89. The molecule has 2 heterocycles. The summed E-state index contributed by atoms with van der Waals surface area (Å²) < 4.78 is 27.2. The fraction of sp³-hybridized carbons (Fsp3) is 0.500. The molecule has 0 spiro atoms. The number of fused-ring (bicyclic) bond motifs is 1. The van der Waals surface area contributed by atoms with Gasteiger partial charge in [-0.1, -0.05) is 0 Å². The average molecular weight is 351 g/mol. The summed E-state index contributed by atoms with van der Waals surface area (Å²) in [4.78, 5) is 26.7. The number of carbonyl (C=O) groups is 2. The molecule has 2 amide bonds. The Balaban J connectivity index is 1.85. The van der Waals surface area contributed by atoms with Crippen LogP contribution >= 0.6 is 0 Å². The van der Waals surface area contributed by atoms with E-state index in [1.54, 1.807) is 35.0 Å². The van der Waals surface area contributed by atoms with Gasteiger partial charge in [0.25, 0.3) is 0 Å². The molecule has 0 saturated carbocycles. The molecule has 2 aliphatic heterocycles. The van der Waals surface area contributed by atoms with Crippen molar-refractivity contribution in [3.63, 3.8) is 0 Å². The number of amides is 2. The van der Waals surface area contributed by atoms with E-state index in [-0.39, 0.29) is 29.7 Å². The van der Waals surface area contributed by atoms with Crippen molar-refractivity contribution >= 4 is 27.5 Å². The van der Waals surface area contributed by atoms with Crippen LogP contribution in [0.25, 0.3) is 0 Å². The van der Waals surface area contributed by atoms with E-state index in [2.05, 4.69) is 0 Å². The molecule has 3 rings (SSSR count). The molecule has 0 bridgehead atoms. The van der Waals surface area contributed by atoms with E-state index in [1.165, 1.54) is 11.2 Å². The van der Waals surface area contributed by atoms with Gasteiger partial charge in [0.1, 0.15) is 0 Å². The molecule has 1 fully saturated rings. The SMILES string of the molecule is CC(=O)N1CCCN(S(=O)(=O)c2ccc3c(c2)CC(=O)N3C)CC1. The number of nitrogens with zero attached hydrogens (tertiary/aromatic N) is 3. The van der Waals surface area contributed by atoms with Crippen LogP contribution in [0.1, 0.15) is 18.9 Å². The number of hydrogen-bond donors (Lipinski definition) is 0. The van der Waals surface area contributed by atoms with E-state index in [4.69, 9.17) is 0 Å². The fourth-order valence-electron chi connectivity index (χ4n) is 3.21. The highest BCUT2D eigenvalue weighted by atomic mass is 32.2. The van der Waals surface area contributed by atoms with Gasteiger partial charge in [-0.3, -0.25) is 9.59 Å². The smallest absolute Gasteiger partial charge is 0.243 e. The van der Waals surface area contributed by atoms with Crippen LogP contribution in [0.5, 0.6) is 0 Å². The molecule has 0 atom stereocenters. The highest BCUT2D eigenvalue weighted by Gasteiger charge is 2.30. The Hall–Kier alpha value is -1.93. The van der Waals surface area contributed by atoms with Crippen molar-refractivity contribution in [1.82, 2.24) is 9.21 Å². The van der Waals surface area contributed by atoms with Crippen LogP contribution in [0, 0.1) is 0 Å². The summed E-state index contributed by atoms with van der Waals surface area (Å²) in [6.07, 6.45) is 0.846. The summed E-state index contributed by atoms with van der Waals surface area (Å²) in [5.74, 6) is -0.0697. The summed E-state index contributed by atoms with van der Waals surface area (Å²) in [6.45, 7) is 3.16. The fourth-order valence-corrected chi connectivity index (χ4v) is 4.73. The summed E-state index contributed by atoms with van der Waals surface area (Å²) >= 11 is 0. The number of carbonyl (C=O) groups excluding carboxylic acids is 2. The van der Waals surface area contributed by atoms with Crippen molar-refractivity contribution in [3.05, 3.63) is 23.8 Å². The third-order valence-electron chi connectivity index (χ3n) is 4.67. The molecule has 24 heavy (non-hydrogen) atoms. The lowest BCUT2D eigenvalue weighted by Gasteiger charge is -2.21. The van der Waals surface area contributed by atoms with Gasteiger partial charge in [0.15, 0.2) is 0 Å². The first-order valence-corrected chi connectivity index (χ1v) is 9.40. The van der Waals surface area contributed by atoms with Crippen LogP contribution in [-0.4, -0.2) is 62.7 Å². The molecule has 0 N–H and O–H groups in total. The Morgan fingerprint density at radius 1 is 1.12 bits per heavy atom. The van der Waals surface area contributed by atoms with Crippen molar-refractivity contribution in [3.8, 4) is 0 Å².